The number of hydrogen-bond acceptors (Lipinski definition) is 5. The van der Waals surface area contributed by atoms with Crippen molar-refractivity contribution in [3.8, 4) is 6.07 Å². The fourth-order valence-corrected chi connectivity index (χ4v) is 1.67. The van der Waals surface area contributed by atoms with Crippen LogP contribution in [-0.2, 0) is 0 Å². The monoisotopic (exact) mass is 259 g/mol. The molecule has 0 fully saturated rings. The van der Waals surface area contributed by atoms with E-state index >= 15 is 0 Å². The number of nitrogens with two attached hydrogens (primary N) is 1. The van der Waals surface area contributed by atoms with Crippen LogP contribution in [0, 0.1) is 11.3 Å². The molecule has 0 bridgehead atoms. The average Bonchev–Trinajstić information content (AvgIpc) is 2.41. The number of hydrogen-bond donors (Lipinski definition) is 1. The smallest absolute Gasteiger partial charge is 0.224 e. The van der Waals surface area contributed by atoms with Crippen molar-refractivity contribution in [2.45, 2.75) is 0 Å². The van der Waals surface area contributed by atoms with Crippen molar-refractivity contribution in [2.75, 3.05) is 17.7 Å². The fourth-order valence-electron chi connectivity index (χ4n) is 1.54. The highest BCUT2D eigenvalue weighted by molar-refractivity contribution is 6.28. The molecule has 1 aromatic carbocycles. The Labute approximate surface area is 109 Å². The van der Waals surface area contributed by atoms with Crippen LogP contribution >= 0.6 is 11.6 Å². The molecular formula is C12H10ClN5. The summed E-state index contributed by atoms with van der Waals surface area (Å²) in [6.45, 7) is 0. The summed E-state index contributed by atoms with van der Waals surface area (Å²) < 4.78 is 0. The Morgan fingerprint density at radius 2 is 2.22 bits per heavy atom. The van der Waals surface area contributed by atoms with Crippen molar-refractivity contribution in [1.29, 1.82) is 5.26 Å². The van der Waals surface area contributed by atoms with Crippen LogP contribution in [0.1, 0.15) is 5.56 Å². The maximum Gasteiger partial charge on any atom is 0.224 e. The summed E-state index contributed by atoms with van der Waals surface area (Å²) in [6, 6.07) is 9.21. The second kappa shape index (κ2) is 4.90. The summed E-state index contributed by atoms with van der Waals surface area (Å²) in [5.41, 5.74) is 7.60. The largest absolute Gasteiger partial charge is 0.394 e. The summed E-state index contributed by atoms with van der Waals surface area (Å²) in [5, 5.41) is 9.00. The molecule has 0 radical (unpaired) electrons. The molecule has 0 spiro atoms. The first-order chi connectivity index (χ1) is 8.61. The molecule has 1 aromatic heterocycles. The molecule has 0 saturated heterocycles. The maximum absolute atomic E-state index is 8.87. The number of halogens is 1. The Kier molecular flexibility index (Phi) is 3.31. The van der Waals surface area contributed by atoms with Crippen LogP contribution in [0.15, 0.2) is 30.5 Å². The van der Waals surface area contributed by atoms with Crippen molar-refractivity contribution in [3.63, 3.8) is 0 Å². The van der Waals surface area contributed by atoms with Crippen LogP contribution in [0.25, 0.3) is 0 Å². The normalized spacial score (nSPS) is 9.83. The maximum atomic E-state index is 8.87. The minimum absolute atomic E-state index is 0.127. The van der Waals surface area contributed by atoms with Gasteiger partial charge in [0.2, 0.25) is 5.28 Å². The van der Waals surface area contributed by atoms with Gasteiger partial charge < -0.3 is 10.6 Å². The molecule has 6 heteroatoms. The van der Waals surface area contributed by atoms with Gasteiger partial charge in [0.15, 0.2) is 5.82 Å². The van der Waals surface area contributed by atoms with E-state index in [1.807, 2.05) is 6.07 Å². The highest BCUT2D eigenvalue weighted by Gasteiger charge is 2.11. The predicted molar refractivity (Wildman–Crippen MR) is 70.7 cm³/mol. The van der Waals surface area contributed by atoms with Gasteiger partial charge in [0, 0.05) is 12.7 Å². The number of nitrogens with zero attached hydrogens (tertiary/aromatic N) is 4. The third-order valence-electron chi connectivity index (χ3n) is 2.45. The van der Waals surface area contributed by atoms with E-state index in [4.69, 9.17) is 22.6 Å². The summed E-state index contributed by atoms with van der Waals surface area (Å²) in [7, 11) is 1.80. The van der Waals surface area contributed by atoms with Crippen molar-refractivity contribution in [1.82, 2.24) is 9.97 Å². The Balaban J connectivity index is 2.44. The third-order valence-corrected chi connectivity index (χ3v) is 2.63. The predicted octanol–water partition coefficient (Wildman–Crippen LogP) is 2.35. The molecule has 0 unspecified atom stereocenters. The molecule has 0 atom stereocenters. The lowest BCUT2D eigenvalue weighted by Crippen LogP contribution is -2.14. The standard InChI is InChI=1S/C12H10ClN5/c1-18(9-4-2-3-8(5-9)6-14)11-10(15)7-16-12(13)17-11/h2-5,7H,15H2,1H3. The number of aromatic nitrogens is 2. The number of rotatable bonds is 2. The minimum atomic E-state index is 0.127. The summed E-state index contributed by atoms with van der Waals surface area (Å²) in [4.78, 5) is 9.63. The van der Waals surface area contributed by atoms with Gasteiger partial charge in [0.05, 0.1) is 23.5 Å². The van der Waals surface area contributed by atoms with E-state index in [0.29, 0.717) is 17.1 Å². The molecule has 0 aliphatic carbocycles. The van der Waals surface area contributed by atoms with Gasteiger partial charge in [0.25, 0.3) is 0 Å². The number of benzene rings is 1. The molecule has 0 aliphatic rings. The summed E-state index contributed by atoms with van der Waals surface area (Å²) >= 11 is 5.75. The summed E-state index contributed by atoms with van der Waals surface area (Å²) in [5.74, 6) is 0.505. The first kappa shape index (κ1) is 12.1. The molecule has 5 nitrogen and oxygen atoms in total. The minimum Gasteiger partial charge on any atom is -0.394 e. The first-order valence-electron chi connectivity index (χ1n) is 5.13. The van der Waals surface area contributed by atoms with Crippen LogP contribution in [0.3, 0.4) is 0 Å². The molecule has 2 N–H and O–H groups in total. The Bertz CT molecular complexity index is 620. The van der Waals surface area contributed by atoms with Crippen LogP contribution in [0.4, 0.5) is 17.2 Å². The van der Waals surface area contributed by atoms with Crippen LogP contribution in [-0.4, -0.2) is 17.0 Å². The van der Waals surface area contributed by atoms with Crippen LogP contribution in [0.2, 0.25) is 5.28 Å². The Hall–Kier alpha value is -2.32. The molecule has 2 rings (SSSR count). The number of nitriles is 1. The SMILES string of the molecule is CN(c1cccc(C#N)c1)c1nc(Cl)ncc1N. The quantitative estimate of drug-likeness (QED) is 0.838. The molecule has 2 aromatic rings. The Morgan fingerprint density at radius 1 is 1.44 bits per heavy atom. The molecular weight excluding hydrogens is 250 g/mol. The van der Waals surface area contributed by atoms with E-state index in [0.717, 1.165) is 5.69 Å². The number of anilines is 3. The van der Waals surface area contributed by atoms with Gasteiger partial charge >= 0.3 is 0 Å². The van der Waals surface area contributed by atoms with Gasteiger partial charge in [-0.05, 0) is 29.8 Å². The molecule has 90 valence electrons. The number of nitrogen functional groups attached to an aromatic ring is 1. The second-order valence-corrected chi connectivity index (χ2v) is 3.98. The highest BCUT2D eigenvalue weighted by Crippen LogP contribution is 2.27. The second-order valence-electron chi connectivity index (χ2n) is 3.64. The molecule has 0 aliphatic heterocycles. The van der Waals surface area contributed by atoms with E-state index in [-0.39, 0.29) is 5.28 Å². The molecule has 1 heterocycles. The van der Waals surface area contributed by atoms with Gasteiger partial charge in [-0.25, -0.2) is 4.98 Å². The lowest BCUT2D eigenvalue weighted by atomic mass is 10.2. The van der Waals surface area contributed by atoms with E-state index in [2.05, 4.69) is 16.0 Å². The Morgan fingerprint density at radius 3 is 2.94 bits per heavy atom. The zero-order valence-corrected chi connectivity index (χ0v) is 10.4. The summed E-state index contributed by atoms with van der Waals surface area (Å²) in [6.07, 6.45) is 1.45. The van der Waals surface area contributed by atoms with Crippen molar-refractivity contribution in [2.24, 2.45) is 0 Å². The van der Waals surface area contributed by atoms with E-state index < -0.39 is 0 Å². The van der Waals surface area contributed by atoms with E-state index in [1.54, 1.807) is 30.1 Å². The zero-order chi connectivity index (χ0) is 13.1. The van der Waals surface area contributed by atoms with E-state index in [9.17, 15) is 0 Å². The molecule has 18 heavy (non-hydrogen) atoms. The zero-order valence-electron chi connectivity index (χ0n) is 9.63. The highest BCUT2D eigenvalue weighted by atomic mass is 35.5. The van der Waals surface area contributed by atoms with Gasteiger partial charge in [-0.1, -0.05) is 6.07 Å². The fraction of sp³-hybridized carbons (Fsp3) is 0.0833. The lowest BCUT2D eigenvalue weighted by molar-refractivity contribution is 1.08. The van der Waals surface area contributed by atoms with E-state index in [1.165, 1.54) is 6.20 Å². The van der Waals surface area contributed by atoms with Crippen LogP contribution < -0.4 is 10.6 Å². The van der Waals surface area contributed by atoms with Crippen LogP contribution in [0.5, 0.6) is 0 Å². The topological polar surface area (TPSA) is 78.8 Å². The van der Waals surface area contributed by atoms with Gasteiger partial charge in [-0.2, -0.15) is 10.2 Å². The van der Waals surface area contributed by atoms with Crippen molar-refractivity contribution >= 4 is 28.8 Å². The lowest BCUT2D eigenvalue weighted by Gasteiger charge is -2.19. The van der Waals surface area contributed by atoms with Gasteiger partial charge in [-0.15, -0.1) is 0 Å². The van der Waals surface area contributed by atoms with Gasteiger partial charge in [0.1, 0.15) is 0 Å². The molecule has 0 saturated carbocycles. The van der Waals surface area contributed by atoms with Crippen molar-refractivity contribution < 1.29 is 0 Å². The molecule has 0 amide bonds. The average molecular weight is 260 g/mol. The third kappa shape index (κ3) is 2.34. The first-order valence-corrected chi connectivity index (χ1v) is 5.51. The van der Waals surface area contributed by atoms with Gasteiger partial charge in [-0.3, -0.25) is 0 Å². The van der Waals surface area contributed by atoms with Crippen molar-refractivity contribution in [3.05, 3.63) is 41.3 Å².